The van der Waals surface area contributed by atoms with Crippen molar-refractivity contribution in [3.63, 3.8) is 0 Å². The summed E-state index contributed by atoms with van der Waals surface area (Å²) in [6.45, 7) is 0.240. The van der Waals surface area contributed by atoms with Gasteiger partial charge in [-0.05, 0) is 23.6 Å². The number of rotatable bonds is 6. The van der Waals surface area contributed by atoms with Crippen molar-refractivity contribution in [2.24, 2.45) is 0 Å². The van der Waals surface area contributed by atoms with Gasteiger partial charge in [-0.2, -0.15) is 0 Å². The molecule has 0 saturated heterocycles. The van der Waals surface area contributed by atoms with Crippen LogP contribution in [0.1, 0.15) is 38.3 Å². The highest BCUT2D eigenvalue weighted by molar-refractivity contribution is 6.23. The van der Waals surface area contributed by atoms with Gasteiger partial charge in [0.2, 0.25) is 0 Å². The number of carbonyl (C=O) groups excluding carboxylic acids is 4. The maximum Gasteiger partial charge on any atom is 0.308 e. The van der Waals surface area contributed by atoms with E-state index in [1.807, 2.05) is 24.3 Å². The quantitative estimate of drug-likeness (QED) is 0.291. The average molecular weight is 437 g/mol. The molecule has 3 amide bonds. The van der Waals surface area contributed by atoms with Crippen molar-refractivity contribution in [2.45, 2.75) is 19.4 Å². The molecule has 2 aromatic rings. The molecule has 0 aliphatic carbocycles. The van der Waals surface area contributed by atoms with Gasteiger partial charge in [0.25, 0.3) is 23.4 Å². The minimum Gasteiger partial charge on any atom is -0.456 e. The maximum absolute atomic E-state index is 12.5. The Labute approximate surface area is 182 Å². The van der Waals surface area contributed by atoms with Crippen LogP contribution in [0, 0.1) is 10.1 Å². The number of esters is 1. The Morgan fingerprint density at radius 2 is 1.78 bits per heavy atom. The van der Waals surface area contributed by atoms with Crippen LogP contribution >= 0.6 is 0 Å². The second kappa shape index (κ2) is 8.58. The zero-order valence-electron chi connectivity index (χ0n) is 17.0. The molecular weight excluding hydrogens is 418 g/mol. The molecule has 2 heterocycles. The molecule has 0 radical (unpaired) electrons. The first-order valence-electron chi connectivity index (χ1n) is 10.0. The van der Waals surface area contributed by atoms with Crippen molar-refractivity contribution in [1.82, 2.24) is 9.80 Å². The lowest BCUT2D eigenvalue weighted by Crippen LogP contribution is -2.39. The maximum atomic E-state index is 12.5. The highest BCUT2D eigenvalue weighted by Crippen LogP contribution is 2.30. The van der Waals surface area contributed by atoms with Crippen LogP contribution in [0.25, 0.3) is 0 Å². The third kappa shape index (κ3) is 3.94. The summed E-state index contributed by atoms with van der Waals surface area (Å²) >= 11 is 0. The molecule has 0 N–H and O–H groups in total. The van der Waals surface area contributed by atoms with Crippen molar-refractivity contribution in [3.8, 4) is 0 Å². The Bertz CT molecular complexity index is 1140. The van der Waals surface area contributed by atoms with E-state index < -0.39 is 35.0 Å². The Balaban J connectivity index is 1.30. The molecule has 32 heavy (non-hydrogen) atoms. The molecule has 4 rings (SSSR count). The normalized spacial score (nSPS) is 14.8. The molecule has 0 spiro atoms. The van der Waals surface area contributed by atoms with Crippen LogP contribution in [0.15, 0.2) is 42.5 Å². The molecule has 0 unspecified atom stereocenters. The Morgan fingerprint density at radius 1 is 1.03 bits per heavy atom. The highest BCUT2D eigenvalue weighted by atomic mass is 16.6. The number of carbonyl (C=O) groups is 4. The molecule has 2 aliphatic rings. The molecular formula is C22H19N3O7. The van der Waals surface area contributed by atoms with E-state index in [2.05, 4.69) is 0 Å². The fraction of sp³-hybridized carbons (Fsp3) is 0.273. The van der Waals surface area contributed by atoms with Gasteiger partial charge in [0.1, 0.15) is 5.56 Å². The summed E-state index contributed by atoms with van der Waals surface area (Å²) in [5.41, 5.74) is 1.43. The molecule has 0 atom stereocenters. The largest absolute Gasteiger partial charge is 0.456 e. The van der Waals surface area contributed by atoms with E-state index >= 15 is 0 Å². The lowest BCUT2D eigenvalue weighted by molar-refractivity contribution is -0.385. The predicted octanol–water partition coefficient (Wildman–Crippen LogP) is 1.71. The first kappa shape index (κ1) is 21.2. The number of imide groups is 1. The number of nitrogens with zero attached hydrogens (tertiary/aromatic N) is 3. The minimum atomic E-state index is -0.826. The summed E-state index contributed by atoms with van der Waals surface area (Å²) in [5.74, 6) is -2.61. The standard InChI is InChI=1S/C22H19N3O7/c26-18(23-10-8-14-4-1-2-5-15(14)12-23)13-32-19(27)9-11-24-21(28)16-6-3-7-17(25(30)31)20(16)22(24)29/h1-7H,8-13H2. The number of ether oxygens (including phenoxy) is 1. The van der Waals surface area contributed by atoms with Gasteiger partial charge in [-0.1, -0.05) is 30.3 Å². The van der Waals surface area contributed by atoms with Gasteiger partial charge in [-0.25, -0.2) is 0 Å². The third-order valence-electron chi connectivity index (χ3n) is 5.55. The van der Waals surface area contributed by atoms with Crippen molar-refractivity contribution in [3.05, 3.63) is 74.8 Å². The van der Waals surface area contributed by atoms with Crippen LogP contribution in [-0.4, -0.2) is 58.1 Å². The van der Waals surface area contributed by atoms with Gasteiger partial charge < -0.3 is 9.64 Å². The number of nitro groups is 1. The van der Waals surface area contributed by atoms with E-state index in [1.54, 1.807) is 4.90 Å². The van der Waals surface area contributed by atoms with Crippen LogP contribution in [0.4, 0.5) is 5.69 Å². The summed E-state index contributed by atoms with van der Waals surface area (Å²) in [7, 11) is 0. The molecule has 10 heteroatoms. The summed E-state index contributed by atoms with van der Waals surface area (Å²) in [6.07, 6.45) is 0.400. The lowest BCUT2D eigenvalue weighted by Gasteiger charge is -2.28. The van der Waals surface area contributed by atoms with Crippen LogP contribution < -0.4 is 0 Å². The van der Waals surface area contributed by atoms with Crippen molar-refractivity contribution in [2.75, 3.05) is 19.7 Å². The molecule has 2 aromatic carbocycles. The van der Waals surface area contributed by atoms with Crippen molar-refractivity contribution < 1.29 is 28.8 Å². The van der Waals surface area contributed by atoms with E-state index in [1.165, 1.54) is 17.7 Å². The number of benzene rings is 2. The first-order chi connectivity index (χ1) is 15.4. The van der Waals surface area contributed by atoms with Crippen LogP contribution in [0.5, 0.6) is 0 Å². The van der Waals surface area contributed by atoms with Gasteiger partial charge in [-0.3, -0.25) is 34.2 Å². The van der Waals surface area contributed by atoms with Crippen LogP contribution in [0.2, 0.25) is 0 Å². The van der Waals surface area contributed by atoms with Crippen LogP contribution in [-0.2, 0) is 27.3 Å². The Hall–Kier alpha value is -4.08. The number of amides is 3. The minimum absolute atomic E-state index is 0.0712. The van der Waals surface area contributed by atoms with Gasteiger partial charge in [0.05, 0.1) is 16.9 Å². The molecule has 0 aromatic heterocycles. The SMILES string of the molecule is O=C(CCN1C(=O)c2cccc([N+](=O)[O-])c2C1=O)OCC(=O)N1CCc2ccccc2C1. The fourth-order valence-electron chi connectivity index (χ4n) is 3.89. The summed E-state index contributed by atoms with van der Waals surface area (Å²) in [4.78, 5) is 62.2. The second-order valence-electron chi connectivity index (χ2n) is 7.46. The summed E-state index contributed by atoms with van der Waals surface area (Å²) < 4.78 is 5.03. The molecule has 0 saturated carbocycles. The van der Waals surface area contributed by atoms with Gasteiger partial charge in [-0.15, -0.1) is 0 Å². The molecule has 0 fully saturated rings. The fourth-order valence-corrected chi connectivity index (χ4v) is 3.89. The molecule has 0 bridgehead atoms. The van der Waals surface area contributed by atoms with Crippen molar-refractivity contribution in [1.29, 1.82) is 0 Å². The average Bonchev–Trinajstić information content (AvgIpc) is 3.05. The number of nitro benzene ring substituents is 1. The van der Waals surface area contributed by atoms with Gasteiger partial charge in [0.15, 0.2) is 6.61 Å². The van der Waals surface area contributed by atoms with E-state index in [0.717, 1.165) is 23.0 Å². The monoisotopic (exact) mass is 437 g/mol. The topological polar surface area (TPSA) is 127 Å². The Kier molecular flexibility index (Phi) is 5.67. The van der Waals surface area contributed by atoms with Gasteiger partial charge >= 0.3 is 5.97 Å². The molecule has 164 valence electrons. The lowest BCUT2D eigenvalue weighted by atomic mass is 10.00. The number of hydrogen-bond acceptors (Lipinski definition) is 7. The van der Waals surface area contributed by atoms with Crippen LogP contribution in [0.3, 0.4) is 0 Å². The highest BCUT2D eigenvalue weighted by Gasteiger charge is 2.40. The molecule has 10 nitrogen and oxygen atoms in total. The smallest absolute Gasteiger partial charge is 0.308 e. The number of hydrogen-bond donors (Lipinski definition) is 0. The Morgan fingerprint density at radius 3 is 2.53 bits per heavy atom. The van der Waals surface area contributed by atoms with E-state index in [0.29, 0.717) is 13.1 Å². The first-order valence-corrected chi connectivity index (χ1v) is 10.0. The molecule has 2 aliphatic heterocycles. The van der Waals surface area contributed by atoms with E-state index in [9.17, 15) is 29.3 Å². The predicted molar refractivity (Wildman–Crippen MR) is 110 cm³/mol. The zero-order chi connectivity index (χ0) is 22.8. The third-order valence-corrected chi connectivity index (χ3v) is 5.55. The van der Waals surface area contributed by atoms with Gasteiger partial charge in [0, 0.05) is 25.7 Å². The zero-order valence-corrected chi connectivity index (χ0v) is 17.0. The summed E-state index contributed by atoms with van der Waals surface area (Å²) in [6, 6.07) is 11.6. The van der Waals surface area contributed by atoms with E-state index in [-0.39, 0.29) is 30.0 Å². The second-order valence-corrected chi connectivity index (χ2v) is 7.46. The van der Waals surface area contributed by atoms with E-state index in [4.69, 9.17) is 4.74 Å². The summed E-state index contributed by atoms with van der Waals surface area (Å²) in [5, 5.41) is 11.1. The van der Waals surface area contributed by atoms with Crippen molar-refractivity contribution >= 4 is 29.4 Å². The number of fused-ring (bicyclic) bond motifs is 2.